The Hall–Kier alpha value is -3.81. The Morgan fingerprint density at radius 2 is 1.69 bits per heavy atom. The molecule has 4 aromatic rings. The summed E-state index contributed by atoms with van der Waals surface area (Å²) >= 11 is 0. The van der Waals surface area contributed by atoms with Crippen molar-refractivity contribution in [3.8, 4) is 5.69 Å². The third kappa shape index (κ3) is 3.10. The summed E-state index contributed by atoms with van der Waals surface area (Å²) in [5, 5.41) is 9.54. The predicted molar refractivity (Wildman–Crippen MR) is 121 cm³/mol. The van der Waals surface area contributed by atoms with E-state index in [-0.39, 0.29) is 5.91 Å². The van der Waals surface area contributed by atoms with Crippen molar-refractivity contribution in [3.05, 3.63) is 72.3 Å². The fraction of sp³-hybridized carbons (Fsp3) is 0.292. The number of carbonyl (C=O) groups is 1. The lowest BCUT2D eigenvalue weighted by atomic mass is 10.0. The number of aromatic nitrogens is 5. The fourth-order valence-electron chi connectivity index (χ4n) is 5.08. The van der Waals surface area contributed by atoms with E-state index >= 15 is 0 Å². The Morgan fingerprint density at radius 1 is 0.906 bits per heavy atom. The van der Waals surface area contributed by atoms with Crippen molar-refractivity contribution in [1.29, 1.82) is 0 Å². The zero-order valence-corrected chi connectivity index (χ0v) is 17.8. The molecule has 8 heteroatoms. The summed E-state index contributed by atoms with van der Waals surface area (Å²) < 4.78 is 0. The lowest BCUT2D eigenvalue weighted by molar-refractivity contribution is 0.0782. The van der Waals surface area contributed by atoms with Crippen molar-refractivity contribution in [1.82, 2.24) is 29.9 Å². The van der Waals surface area contributed by atoms with E-state index < -0.39 is 0 Å². The van der Waals surface area contributed by atoms with E-state index in [2.05, 4.69) is 31.1 Å². The Labute approximate surface area is 185 Å². The Bertz CT molecular complexity index is 1280. The third-order valence-electron chi connectivity index (χ3n) is 6.60. The van der Waals surface area contributed by atoms with Crippen LogP contribution in [0.3, 0.4) is 0 Å². The van der Waals surface area contributed by atoms with Gasteiger partial charge in [-0.25, -0.2) is 4.98 Å². The minimum Gasteiger partial charge on any atom is -0.355 e. The molecule has 160 valence electrons. The zero-order chi connectivity index (χ0) is 21.7. The van der Waals surface area contributed by atoms with E-state index in [1.54, 1.807) is 12.4 Å². The summed E-state index contributed by atoms with van der Waals surface area (Å²) in [5.41, 5.74) is 3.38. The van der Waals surface area contributed by atoms with Crippen molar-refractivity contribution in [2.45, 2.75) is 6.92 Å². The highest BCUT2D eigenvalue weighted by atomic mass is 16.2. The maximum absolute atomic E-state index is 13.5. The van der Waals surface area contributed by atoms with Crippen LogP contribution in [0.4, 0.5) is 5.82 Å². The quantitative estimate of drug-likeness (QED) is 0.502. The standard InChI is InChI=1S/C24H23N7O/c1-16-4-5-22(31-27-9-10-28-31)20(11-16)24(32)30-14-17-12-29(13-18(17)15-30)23-19-3-2-7-25-21(19)6-8-26-23/h2-11,17-18H,12-15H2,1H3. The smallest absolute Gasteiger partial charge is 0.256 e. The number of hydrogen-bond acceptors (Lipinski definition) is 6. The highest BCUT2D eigenvalue weighted by molar-refractivity contribution is 5.98. The van der Waals surface area contributed by atoms with Crippen molar-refractivity contribution in [2.24, 2.45) is 11.8 Å². The molecule has 2 saturated heterocycles. The molecule has 0 radical (unpaired) electrons. The summed E-state index contributed by atoms with van der Waals surface area (Å²) in [6.07, 6.45) is 6.89. The summed E-state index contributed by atoms with van der Waals surface area (Å²) in [6, 6.07) is 11.8. The summed E-state index contributed by atoms with van der Waals surface area (Å²) in [7, 11) is 0. The number of nitrogens with zero attached hydrogens (tertiary/aromatic N) is 7. The average Bonchev–Trinajstić information content (AvgIpc) is 3.55. The molecule has 0 spiro atoms. The number of benzene rings is 1. The Morgan fingerprint density at radius 3 is 2.47 bits per heavy atom. The van der Waals surface area contributed by atoms with Crippen LogP contribution in [0.2, 0.25) is 0 Å². The molecule has 1 amide bonds. The molecular formula is C24H23N7O. The number of rotatable bonds is 3. The molecule has 6 rings (SSSR count). The van der Waals surface area contributed by atoms with Crippen LogP contribution in [0.5, 0.6) is 0 Å². The molecule has 2 unspecified atom stereocenters. The highest BCUT2D eigenvalue weighted by Crippen LogP contribution is 2.36. The minimum absolute atomic E-state index is 0.0504. The van der Waals surface area contributed by atoms with Crippen LogP contribution in [0, 0.1) is 18.8 Å². The molecule has 3 aromatic heterocycles. The molecule has 0 bridgehead atoms. The van der Waals surface area contributed by atoms with Crippen LogP contribution < -0.4 is 4.90 Å². The maximum atomic E-state index is 13.5. The van der Waals surface area contributed by atoms with Gasteiger partial charge in [0.15, 0.2) is 0 Å². The van der Waals surface area contributed by atoms with Gasteiger partial charge < -0.3 is 9.80 Å². The van der Waals surface area contributed by atoms with Crippen LogP contribution in [-0.2, 0) is 0 Å². The molecular weight excluding hydrogens is 402 g/mol. The normalized spacial score (nSPS) is 20.2. The number of likely N-dealkylation sites (tertiary alicyclic amines) is 1. The summed E-state index contributed by atoms with van der Waals surface area (Å²) in [6.45, 7) is 5.30. The first kappa shape index (κ1) is 18.9. The van der Waals surface area contributed by atoms with E-state index in [0.717, 1.165) is 54.2 Å². The van der Waals surface area contributed by atoms with Gasteiger partial charge in [0.2, 0.25) is 0 Å². The molecule has 0 N–H and O–H groups in total. The molecule has 0 aliphatic carbocycles. The average molecular weight is 425 g/mol. The molecule has 0 saturated carbocycles. The van der Waals surface area contributed by atoms with Crippen LogP contribution >= 0.6 is 0 Å². The van der Waals surface area contributed by atoms with E-state index in [4.69, 9.17) is 0 Å². The first-order valence-corrected chi connectivity index (χ1v) is 10.9. The zero-order valence-electron chi connectivity index (χ0n) is 17.8. The number of hydrogen-bond donors (Lipinski definition) is 0. The number of pyridine rings is 2. The van der Waals surface area contributed by atoms with Gasteiger partial charge in [0, 0.05) is 55.8 Å². The maximum Gasteiger partial charge on any atom is 0.256 e. The van der Waals surface area contributed by atoms with E-state index in [0.29, 0.717) is 17.4 Å². The molecule has 2 aliphatic rings. The van der Waals surface area contributed by atoms with Crippen LogP contribution in [0.15, 0.2) is 61.2 Å². The van der Waals surface area contributed by atoms with Gasteiger partial charge in [-0.05, 0) is 37.3 Å². The summed E-state index contributed by atoms with van der Waals surface area (Å²) in [5.74, 6) is 1.91. The lowest BCUT2D eigenvalue weighted by Crippen LogP contribution is -2.34. The molecule has 2 fully saturated rings. The number of amides is 1. The molecule has 32 heavy (non-hydrogen) atoms. The van der Waals surface area contributed by atoms with Gasteiger partial charge in [0.1, 0.15) is 5.82 Å². The Balaban J connectivity index is 1.23. The summed E-state index contributed by atoms with van der Waals surface area (Å²) in [4.78, 5) is 28.5. The van der Waals surface area contributed by atoms with Gasteiger partial charge in [-0.15, -0.1) is 0 Å². The number of aryl methyl sites for hydroxylation is 1. The molecule has 8 nitrogen and oxygen atoms in total. The minimum atomic E-state index is 0.0504. The van der Waals surface area contributed by atoms with Gasteiger partial charge >= 0.3 is 0 Å². The van der Waals surface area contributed by atoms with Crippen LogP contribution in [0.1, 0.15) is 15.9 Å². The highest BCUT2D eigenvalue weighted by Gasteiger charge is 2.42. The fourth-order valence-corrected chi connectivity index (χ4v) is 5.08. The topological polar surface area (TPSA) is 80.0 Å². The van der Waals surface area contributed by atoms with Gasteiger partial charge in [-0.2, -0.15) is 15.0 Å². The lowest BCUT2D eigenvalue weighted by Gasteiger charge is -2.24. The van der Waals surface area contributed by atoms with Gasteiger partial charge in [-0.1, -0.05) is 11.6 Å². The van der Waals surface area contributed by atoms with Crippen LogP contribution in [0.25, 0.3) is 16.6 Å². The number of carbonyl (C=O) groups excluding carboxylic acids is 1. The van der Waals surface area contributed by atoms with Gasteiger partial charge in [-0.3, -0.25) is 9.78 Å². The molecule has 5 heterocycles. The third-order valence-corrected chi connectivity index (χ3v) is 6.60. The van der Waals surface area contributed by atoms with Crippen molar-refractivity contribution in [3.63, 3.8) is 0 Å². The number of fused-ring (bicyclic) bond motifs is 2. The molecule has 1 aromatic carbocycles. The second kappa shape index (κ2) is 7.40. The first-order chi connectivity index (χ1) is 15.7. The second-order valence-electron chi connectivity index (χ2n) is 8.68. The van der Waals surface area contributed by atoms with Gasteiger partial charge in [0.05, 0.1) is 29.2 Å². The van der Waals surface area contributed by atoms with E-state index in [9.17, 15) is 4.79 Å². The predicted octanol–water partition coefficient (Wildman–Crippen LogP) is 2.73. The Kier molecular flexibility index (Phi) is 4.38. The van der Waals surface area contributed by atoms with E-state index in [1.165, 1.54) is 4.80 Å². The molecule has 2 atom stereocenters. The second-order valence-corrected chi connectivity index (χ2v) is 8.68. The van der Waals surface area contributed by atoms with Gasteiger partial charge in [0.25, 0.3) is 5.91 Å². The SMILES string of the molecule is Cc1ccc(-n2nccn2)c(C(=O)N2CC3CN(c4nccc5ncccc45)CC3C2)c1. The van der Waals surface area contributed by atoms with Crippen molar-refractivity contribution < 1.29 is 4.79 Å². The largest absolute Gasteiger partial charge is 0.355 e. The number of anilines is 1. The first-order valence-electron chi connectivity index (χ1n) is 10.9. The monoisotopic (exact) mass is 425 g/mol. The van der Waals surface area contributed by atoms with Crippen molar-refractivity contribution >= 4 is 22.6 Å². The molecule has 2 aliphatic heterocycles. The van der Waals surface area contributed by atoms with Crippen LogP contribution in [-0.4, -0.2) is 61.9 Å². The van der Waals surface area contributed by atoms with E-state index in [1.807, 2.05) is 54.5 Å². The van der Waals surface area contributed by atoms with Crippen molar-refractivity contribution in [2.75, 3.05) is 31.1 Å².